The summed E-state index contributed by atoms with van der Waals surface area (Å²) in [7, 11) is -3.48. The molecular formula is C16H16N2O6S2. The van der Waals surface area contributed by atoms with Gasteiger partial charge in [-0.2, -0.15) is 0 Å². The largest absolute Gasteiger partial charge is 0.461 e. The molecule has 10 heteroatoms. The molecule has 0 saturated carbocycles. The third-order valence-corrected chi connectivity index (χ3v) is 4.96. The first-order valence-corrected chi connectivity index (χ1v) is 10.4. The lowest BCUT2D eigenvalue weighted by molar-refractivity contribution is 0.0503. The minimum absolute atomic E-state index is 0.0843. The topological polar surface area (TPSA) is 108 Å². The fourth-order valence-corrected chi connectivity index (χ4v) is 3.80. The van der Waals surface area contributed by atoms with Gasteiger partial charge in [0.15, 0.2) is 5.58 Å². The number of nitrogens with zero attached hydrogens (tertiary/aromatic N) is 1. The van der Waals surface area contributed by atoms with Crippen molar-refractivity contribution in [3.8, 4) is 0 Å². The molecule has 2 heterocycles. The number of carbonyl (C=O) groups excluding carboxylic acids is 1. The number of nitrogens with one attached hydrogen (secondary N) is 1. The van der Waals surface area contributed by atoms with E-state index in [0.717, 1.165) is 17.6 Å². The summed E-state index contributed by atoms with van der Waals surface area (Å²) >= 11 is 1.09. The van der Waals surface area contributed by atoms with Gasteiger partial charge in [-0.1, -0.05) is 12.1 Å². The average molecular weight is 396 g/mol. The van der Waals surface area contributed by atoms with Crippen LogP contribution in [0.4, 0.5) is 5.69 Å². The molecule has 2 aromatic heterocycles. The van der Waals surface area contributed by atoms with Crippen molar-refractivity contribution in [1.29, 1.82) is 0 Å². The van der Waals surface area contributed by atoms with E-state index in [-0.39, 0.29) is 17.2 Å². The second-order valence-corrected chi connectivity index (χ2v) is 8.18. The van der Waals surface area contributed by atoms with Crippen LogP contribution in [0.2, 0.25) is 0 Å². The molecule has 0 fully saturated rings. The van der Waals surface area contributed by atoms with E-state index in [1.165, 1.54) is 10.6 Å². The quantitative estimate of drug-likeness (QED) is 0.485. The summed E-state index contributed by atoms with van der Waals surface area (Å²) in [5.74, 6) is -1.08. The zero-order chi connectivity index (χ0) is 18.7. The van der Waals surface area contributed by atoms with E-state index in [1.54, 1.807) is 29.6 Å². The van der Waals surface area contributed by atoms with Crippen LogP contribution in [0.5, 0.6) is 0 Å². The summed E-state index contributed by atoms with van der Waals surface area (Å²) in [5.41, 5.74) is 1.38. The summed E-state index contributed by atoms with van der Waals surface area (Å²) < 4.78 is 36.7. The van der Waals surface area contributed by atoms with Crippen molar-refractivity contribution in [2.45, 2.75) is 13.0 Å². The van der Waals surface area contributed by atoms with Crippen LogP contribution in [0.3, 0.4) is 0 Å². The van der Waals surface area contributed by atoms with Crippen LogP contribution in [0.15, 0.2) is 44.9 Å². The van der Waals surface area contributed by atoms with E-state index in [2.05, 4.69) is 4.72 Å². The SMILES string of the molecule is CS(=O)(=O)Nc1ccsc1C(=O)OCCCn1c(=O)oc2ccccc21. The Morgan fingerprint density at radius 2 is 2.08 bits per heavy atom. The molecule has 0 amide bonds. The number of benzene rings is 1. The second-order valence-electron chi connectivity index (χ2n) is 5.51. The molecule has 3 aromatic rings. The van der Waals surface area contributed by atoms with Crippen molar-refractivity contribution in [3.05, 3.63) is 51.1 Å². The van der Waals surface area contributed by atoms with Crippen LogP contribution < -0.4 is 10.5 Å². The van der Waals surface area contributed by atoms with E-state index >= 15 is 0 Å². The average Bonchev–Trinajstić information content (AvgIpc) is 3.14. The number of hydrogen-bond donors (Lipinski definition) is 1. The Balaban J connectivity index is 1.59. The maximum atomic E-state index is 12.1. The van der Waals surface area contributed by atoms with E-state index in [9.17, 15) is 18.0 Å². The molecule has 0 spiro atoms. The fraction of sp³-hybridized carbons (Fsp3) is 0.250. The Morgan fingerprint density at radius 3 is 2.85 bits per heavy atom. The number of thiophene rings is 1. The molecule has 1 N–H and O–H groups in total. The van der Waals surface area contributed by atoms with E-state index in [4.69, 9.17) is 9.15 Å². The van der Waals surface area contributed by atoms with Crippen molar-refractivity contribution in [2.75, 3.05) is 17.6 Å². The Kier molecular flexibility index (Phi) is 5.14. The van der Waals surface area contributed by atoms with E-state index < -0.39 is 21.7 Å². The Labute approximate surface area is 153 Å². The molecule has 26 heavy (non-hydrogen) atoms. The highest BCUT2D eigenvalue weighted by Crippen LogP contribution is 2.24. The molecular weight excluding hydrogens is 380 g/mol. The predicted octanol–water partition coefficient (Wildman–Crippen LogP) is 2.27. The number of oxazole rings is 1. The molecule has 0 saturated heterocycles. The van der Waals surface area contributed by atoms with Crippen LogP contribution in [0.1, 0.15) is 16.1 Å². The zero-order valence-corrected chi connectivity index (χ0v) is 15.4. The van der Waals surface area contributed by atoms with E-state index in [0.29, 0.717) is 24.1 Å². The zero-order valence-electron chi connectivity index (χ0n) is 13.8. The molecule has 0 atom stereocenters. The van der Waals surface area contributed by atoms with Gasteiger partial charge in [0, 0.05) is 6.54 Å². The number of esters is 1. The van der Waals surface area contributed by atoms with Crippen LogP contribution in [-0.4, -0.2) is 31.8 Å². The predicted molar refractivity (Wildman–Crippen MR) is 98.2 cm³/mol. The van der Waals surface area contributed by atoms with Crippen LogP contribution >= 0.6 is 11.3 Å². The van der Waals surface area contributed by atoms with Gasteiger partial charge in [0.2, 0.25) is 10.0 Å². The van der Waals surface area contributed by atoms with Gasteiger partial charge in [0.1, 0.15) is 4.88 Å². The highest BCUT2D eigenvalue weighted by molar-refractivity contribution is 7.92. The Bertz CT molecular complexity index is 1090. The van der Waals surface area contributed by atoms with Crippen molar-refractivity contribution >= 4 is 44.1 Å². The minimum Gasteiger partial charge on any atom is -0.461 e. The van der Waals surface area contributed by atoms with Gasteiger partial charge in [-0.15, -0.1) is 11.3 Å². The van der Waals surface area contributed by atoms with Crippen molar-refractivity contribution in [2.24, 2.45) is 0 Å². The third-order valence-electron chi connectivity index (χ3n) is 3.48. The number of fused-ring (bicyclic) bond motifs is 1. The summed E-state index contributed by atoms with van der Waals surface area (Å²) in [4.78, 5) is 24.2. The maximum absolute atomic E-state index is 12.1. The molecule has 138 valence electrons. The Hall–Kier alpha value is -2.59. The molecule has 0 unspecified atom stereocenters. The van der Waals surface area contributed by atoms with Crippen molar-refractivity contribution in [3.63, 3.8) is 0 Å². The number of aromatic nitrogens is 1. The fourth-order valence-electron chi connectivity index (χ4n) is 2.43. The highest BCUT2D eigenvalue weighted by atomic mass is 32.2. The van der Waals surface area contributed by atoms with Crippen LogP contribution in [0, 0.1) is 0 Å². The number of sulfonamides is 1. The molecule has 1 aromatic carbocycles. The van der Waals surface area contributed by atoms with Gasteiger partial charge in [0.25, 0.3) is 0 Å². The van der Waals surface area contributed by atoms with Crippen molar-refractivity contribution < 1.29 is 22.4 Å². The van der Waals surface area contributed by atoms with Gasteiger partial charge in [-0.05, 0) is 30.0 Å². The van der Waals surface area contributed by atoms with Gasteiger partial charge in [-0.3, -0.25) is 9.29 Å². The van der Waals surface area contributed by atoms with Crippen LogP contribution in [0.25, 0.3) is 11.1 Å². The number of ether oxygens (including phenoxy) is 1. The van der Waals surface area contributed by atoms with Gasteiger partial charge >= 0.3 is 11.7 Å². The van der Waals surface area contributed by atoms with Gasteiger partial charge in [-0.25, -0.2) is 18.0 Å². The number of para-hydroxylation sites is 2. The second kappa shape index (κ2) is 7.34. The number of anilines is 1. The molecule has 0 aliphatic carbocycles. The van der Waals surface area contributed by atoms with Crippen molar-refractivity contribution in [1.82, 2.24) is 4.57 Å². The first-order chi connectivity index (χ1) is 12.3. The third kappa shape index (κ3) is 4.14. The first-order valence-electron chi connectivity index (χ1n) is 7.66. The smallest absolute Gasteiger partial charge is 0.419 e. The van der Waals surface area contributed by atoms with Gasteiger partial charge in [0.05, 0.1) is 24.1 Å². The molecule has 0 radical (unpaired) electrons. The number of carbonyl (C=O) groups is 1. The molecule has 8 nitrogen and oxygen atoms in total. The lowest BCUT2D eigenvalue weighted by Crippen LogP contribution is -2.16. The normalized spacial score (nSPS) is 11.6. The summed E-state index contributed by atoms with van der Waals surface area (Å²) in [6, 6.07) is 8.57. The maximum Gasteiger partial charge on any atom is 0.419 e. The Morgan fingerprint density at radius 1 is 1.31 bits per heavy atom. The first kappa shape index (κ1) is 18.2. The standard InChI is InChI=1S/C16H16N2O6S2/c1-26(21,22)17-11-7-10-25-14(11)15(19)23-9-4-8-18-12-5-2-3-6-13(12)24-16(18)20/h2-3,5-7,10,17H,4,8-9H2,1H3. The molecule has 0 aliphatic heterocycles. The number of aryl methyl sites for hydroxylation is 1. The summed E-state index contributed by atoms with van der Waals surface area (Å²) in [6.07, 6.45) is 1.42. The monoisotopic (exact) mass is 396 g/mol. The number of rotatable bonds is 7. The highest BCUT2D eigenvalue weighted by Gasteiger charge is 2.17. The van der Waals surface area contributed by atoms with Crippen LogP contribution in [-0.2, 0) is 21.3 Å². The minimum atomic E-state index is -3.48. The van der Waals surface area contributed by atoms with E-state index in [1.807, 2.05) is 0 Å². The molecule has 0 aliphatic rings. The lowest BCUT2D eigenvalue weighted by atomic mass is 10.3. The number of hydrogen-bond acceptors (Lipinski definition) is 7. The molecule has 0 bridgehead atoms. The lowest BCUT2D eigenvalue weighted by Gasteiger charge is -2.07. The molecule has 3 rings (SSSR count). The van der Waals surface area contributed by atoms with Gasteiger partial charge < -0.3 is 9.15 Å². The summed E-state index contributed by atoms with van der Waals surface area (Å²) in [5, 5.41) is 1.60. The summed E-state index contributed by atoms with van der Waals surface area (Å²) in [6.45, 7) is 0.420.